The van der Waals surface area contributed by atoms with Crippen LogP contribution in [-0.4, -0.2) is 56.6 Å². The Kier molecular flexibility index (Phi) is 8.74. The summed E-state index contributed by atoms with van der Waals surface area (Å²) in [5.41, 5.74) is 4.81. The lowest BCUT2D eigenvalue weighted by atomic mass is 9.67. The molecule has 7 nitrogen and oxygen atoms in total. The van der Waals surface area contributed by atoms with Crippen molar-refractivity contribution in [2.45, 2.75) is 69.8 Å². The number of ether oxygens (including phenoxy) is 3. The summed E-state index contributed by atoms with van der Waals surface area (Å²) in [6, 6.07) is 11.8. The predicted octanol–water partition coefficient (Wildman–Crippen LogP) is 6.28. The Bertz CT molecular complexity index is 1410. The molecule has 0 saturated heterocycles. The van der Waals surface area contributed by atoms with Gasteiger partial charge in [-0.15, -0.1) is 0 Å². The molecule has 0 bridgehead atoms. The summed E-state index contributed by atoms with van der Waals surface area (Å²) in [6.45, 7) is 4.28. The first kappa shape index (κ1) is 30.0. The second-order valence-electron chi connectivity index (χ2n) is 12.7. The number of hydrogen-bond donors (Lipinski definition) is 1. The second-order valence-corrected chi connectivity index (χ2v) is 13.2. The Morgan fingerprint density at radius 1 is 1.16 bits per heavy atom. The van der Waals surface area contributed by atoms with Gasteiger partial charge in [-0.3, -0.25) is 4.79 Å². The summed E-state index contributed by atoms with van der Waals surface area (Å²) < 4.78 is 16.8. The Hall–Kier alpha value is -3.03. The van der Waals surface area contributed by atoms with Crippen LogP contribution in [0.25, 0.3) is 0 Å². The Morgan fingerprint density at radius 3 is 2.74 bits per heavy atom. The fraction of sp³-hybridized carbons (Fsp3) is 0.543. The number of aliphatic hydroxyl groups excluding tert-OH is 1. The SMILES string of the molecule is CCOC(=O)[C@H]1CC=C([C@@H](O)[C@@H]2CC[C@H]2CN2CC3(CCCc4cc(Cl)ccc43)COc3ccc(C(=O)OC)cc32)CC1. The zero-order chi connectivity index (χ0) is 30.1. The van der Waals surface area contributed by atoms with Gasteiger partial charge in [0.25, 0.3) is 0 Å². The molecule has 1 fully saturated rings. The van der Waals surface area contributed by atoms with Crippen LogP contribution in [0.1, 0.15) is 73.4 Å². The van der Waals surface area contributed by atoms with Crippen LogP contribution in [0.2, 0.25) is 5.02 Å². The minimum atomic E-state index is -0.516. The molecule has 230 valence electrons. The molecule has 0 aromatic heterocycles. The molecule has 2 aromatic rings. The molecule has 1 N–H and O–H groups in total. The third-order valence-corrected chi connectivity index (χ3v) is 10.5. The molecule has 43 heavy (non-hydrogen) atoms. The van der Waals surface area contributed by atoms with Crippen molar-refractivity contribution in [2.75, 3.05) is 38.3 Å². The van der Waals surface area contributed by atoms with E-state index in [0.717, 1.165) is 80.1 Å². The zero-order valence-electron chi connectivity index (χ0n) is 25.1. The number of benzene rings is 2. The van der Waals surface area contributed by atoms with E-state index in [4.69, 9.17) is 25.8 Å². The highest BCUT2D eigenvalue weighted by molar-refractivity contribution is 6.30. The van der Waals surface area contributed by atoms with E-state index in [9.17, 15) is 14.7 Å². The van der Waals surface area contributed by atoms with Crippen LogP contribution in [0.15, 0.2) is 48.0 Å². The van der Waals surface area contributed by atoms with Crippen molar-refractivity contribution < 1.29 is 28.9 Å². The van der Waals surface area contributed by atoms with Gasteiger partial charge in [0.15, 0.2) is 0 Å². The van der Waals surface area contributed by atoms with Crippen LogP contribution in [-0.2, 0) is 26.1 Å². The van der Waals surface area contributed by atoms with Crippen LogP contribution < -0.4 is 9.64 Å². The van der Waals surface area contributed by atoms with Gasteiger partial charge in [-0.2, -0.15) is 0 Å². The molecule has 1 aliphatic heterocycles. The highest BCUT2D eigenvalue weighted by Gasteiger charge is 2.45. The number of aliphatic hydroxyl groups is 1. The van der Waals surface area contributed by atoms with Crippen molar-refractivity contribution in [1.29, 1.82) is 0 Å². The smallest absolute Gasteiger partial charge is 0.337 e. The van der Waals surface area contributed by atoms with Gasteiger partial charge in [-0.1, -0.05) is 23.7 Å². The van der Waals surface area contributed by atoms with E-state index in [1.54, 1.807) is 6.07 Å². The van der Waals surface area contributed by atoms with Crippen molar-refractivity contribution in [2.24, 2.45) is 17.8 Å². The number of methoxy groups -OCH3 is 1. The Morgan fingerprint density at radius 2 is 2.02 bits per heavy atom. The first-order valence-electron chi connectivity index (χ1n) is 15.7. The molecule has 1 unspecified atom stereocenters. The summed E-state index contributed by atoms with van der Waals surface area (Å²) in [5, 5.41) is 12.3. The van der Waals surface area contributed by atoms with Crippen molar-refractivity contribution in [3.63, 3.8) is 0 Å². The molecule has 2 aromatic carbocycles. The van der Waals surface area contributed by atoms with Crippen LogP contribution in [0.5, 0.6) is 5.75 Å². The van der Waals surface area contributed by atoms with E-state index in [1.807, 2.05) is 25.1 Å². The molecule has 1 heterocycles. The number of fused-ring (bicyclic) bond motifs is 3. The number of carbonyl (C=O) groups is 2. The molecule has 1 saturated carbocycles. The summed E-state index contributed by atoms with van der Waals surface area (Å²) in [5.74, 6) is 0.577. The van der Waals surface area contributed by atoms with E-state index in [1.165, 1.54) is 18.2 Å². The topological polar surface area (TPSA) is 85.3 Å². The van der Waals surface area contributed by atoms with Gasteiger partial charge < -0.3 is 24.2 Å². The number of carbonyl (C=O) groups excluding carboxylic acids is 2. The summed E-state index contributed by atoms with van der Waals surface area (Å²) in [7, 11) is 1.40. The minimum absolute atomic E-state index is 0.116. The standard InChI is InChI=1S/C35H42ClNO6/c1-3-42-34(40)23-8-6-22(7-9-23)32(38)28-13-10-26(28)19-37-20-35(16-4-5-24-17-27(36)12-14-29(24)35)21-43-31-15-11-25(18-30(31)37)33(39)41-2/h6,11-12,14-15,17-18,23,26,28,32,38H,3-5,7-10,13,16,19-21H2,1-2H3/t23-,26-,28+,32+,35?/m0/s1. The molecule has 0 radical (unpaired) electrons. The van der Waals surface area contributed by atoms with Gasteiger partial charge in [0.2, 0.25) is 0 Å². The molecule has 6 rings (SSSR count). The maximum Gasteiger partial charge on any atom is 0.337 e. The fourth-order valence-corrected chi connectivity index (χ4v) is 7.95. The normalized spacial score (nSPS) is 27.0. The fourth-order valence-electron chi connectivity index (χ4n) is 7.75. The summed E-state index contributed by atoms with van der Waals surface area (Å²) in [6.07, 6.45) is 8.68. The molecule has 8 heteroatoms. The molecular formula is C35H42ClNO6. The number of esters is 2. The van der Waals surface area contributed by atoms with Crippen molar-refractivity contribution in [1.82, 2.24) is 0 Å². The lowest BCUT2D eigenvalue weighted by Gasteiger charge is -2.46. The number of halogens is 1. The second kappa shape index (κ2) is 12.5. The summed E-state index contributed by atoms with van der Waals surface area (Å²) >= 11 is 6.40. The molecule has 4 aliphatic rings. The van der Waals surface area contributed by atoms with Gasteiger partial charge in [0, 0.05) is 23.5 Å². The number of nitrogens with zero attached hydrogens (tertiary/aromatic N) is 1. The molecule has 3 aliphatic carbocycles. The molecular weight excluding hydrogens is 566 g/mol. The van der Waals surface area contributed by atoms with Crippen LogP contribution in [0, 0.1) is 17.8 Å². The first-order chi connectivity index (χ1) is 20.8. The maximum absolute atomic E-state index is 12.5. The van der Waals surface area contributed by atoms with E-state index in [2.05, 4.69) is 23.1 Å². The van der Waals surface area contributed by atoms with Crippen molar-refractivity contribution >= 4 is 29.2 Å². The third kappa shape index (κ3) is 5.91. The number of anilines is 1. The maximum atomic E-state index is 12.5. The van der Waals surface area contributed by atoms with Gasteiger partial charge in [-0.25, -0.2) is 4.79 Å². The van der Waals surface area contributed by atoms with E-state index in [0.29, 0.717) is 25.2 Å². The Balaban J connectivity index is 1.27. The summed E-state index contributed by atoms with van der Waals surface area (Å²) in [4.78, 5) is 27.1. The molecule has 5 atom stereocenters. The highest BCUT2D eigenvalue weighted by atomic mass is 35.5. The number of aryl methyl sites for hydroxylation is 1. The van der Waals surface area contributed by atoms with Crippen molar-refractivity contribution in [3.8, 4) is 5.75 Å². The third-order valence-electron chi connectivity index (χ3n) is 10.2. The highest BCUT2D eigenvalue weighted by Crippen LogP contribution is 2.47. The van der Waals surface area contributed by atoms with E-state index in [-0.39, 0.29) is 35.1 Å². The van der Waals surface area contributed by atoms with Gasteiger partial charge in [-0.05, 0) is 117 Å². The lowest BCUT2D eigenvalue weighted by molar-refractivity contribution is -0.148. The lowest BCUT2D eigenvalue weighted by Crippen LogP contribution is -2.50. The predicted molar refractivity (Wildman–Crippen MR) is 166 cm³/mol. The quantitative estimate of drug-likeness (QED) is 0.293. The first-order valence-corrected chi connectivity index (χ1v) is 16.1. The van der Waals surface area contributed by atoms with Gasteiger partial charge in [0.05, 0.1) is 43.6 Å². The van der Waals surface area contributed by atoms with Crippen LogP contribution >= 0.6 is 11.6 Å². The monoisotopic (exact) mass is 607 g/mol. The molecule has 1 spiro atoms. The zero-order valence-corrected chi connectivity index (χ0v) is 25.9. The number of rotatable bonds is 7. The Labute approximate surface area is 259 Å². The average molecular weight is 608 g/mol. The van der Waals surface area contributed by atoms with Crippen LogP contribution in [0.4, 0.5) is 5.69 Å². The van der Waals surface area contributed by atoms with Crippen LogP contribution in [0.3, 0.4) is 0 Å². The van der Waals surface area contributed by atoms with E-state index < -0.39 is 6.10 Å². The average Bonchev–Trinajstić information content (AvgIpc) is 3.15. The van der Waals surface area contributed by atoms with E-state index >= 15 is 0 Å². The van der Waals surface area contributed by atoms with Gasteiger partial charge in [0.1, 0.15) is 5.75 Å². The minimum Gasteiger partial charge on any atom is -0.490 e. The largest absolute Gasteiger partial charge is 0.490 e. The van der Waals surface area contributed by atoms with Gasteiger partial charge >= 0.3 is 11.9 Å². The number of hydrogen-bond acceptors (Lipinski definition) is 7. The number of allylic oxidation sites excluding steroid dienone is 1. The van der Waals surface area contributed by atoms with Crippen molar-refractivity contribution in [3.05, 3.63) is 69.8 Å². The molecule has 0 amide bonds.